The first-order valence-electron chi connectivity index (χ1n) is 8.92. The number of aromatic hydroxyl groups is 1. The van der Waals surface area contributed by atoms with Gasteiger partial charge in [0.1, 0.15) is 0 Å². The largest absolute Gasteiger partial charge is 0.492 e. The summed E-state index contributed by atoms with van der Waals surface area (Å²) >= 11 is 0. The Labute approximate surface area is 166 Å². The Kier molecular flexibility index (Phi) is 5.82. The van der Waals surface area contributed by atoms with E-state index in [1.165, 1.54) is 13.1 Å². The number of ether oxygens (including phenoxy) is 1. The zero-order chi connectivity index (χ0) is 21.0. The minimum absolute atomic E-state index is 0.0916. The summed E-state index contributed by atoms with van der Waals surface area (Å²) in [7, 11) is 0. The molecule has 0 fully saturated rings. The highest BCUT2D eigenvalue weighted by molar-refractivity contribution is 5.93. The van der Waals surface area contributed by atoms with Crippen LogP contribution in [0, 0.1) is 0 Å². The topological polar surface area (TPSA) is 144 Å². The van der Waals surface area contributed by atoms with Crippen molar-refractivity contribution in [1.29, 1.82) is 0 Å². The third-order valence-corrected chi connectivity index (χ3v) is 4.12. The number of nitrogens with two attached hydrogens (primary N) is 1. The average Bonchev–Trinajstić information content (AvgIpc) is 2.69. The molecule has 0 saturated carbocycles. The molecule has 150 valence electrons. The Morgan fingerprint density at radius 2 is 1.90 bits per heavy atom. The van der Waals surface area contributed by atoms with Gasteiger partial charge >= 0.3 is 5.97 Å². The number of rotatable bonds is 6. The van der Waals surface area contributed by atoms with Crippen LogP contribution < -0.4 is 10.6 Å². The first kappa shape index (κ1) is 19.9. The lowest BCUT2D eigenvalue weighted by Crippen LogP contribution is -2.30. The molecule has 1 aromatic carbocycles. The lowest BCUT2D eigenvalue weighted by Gasteiger charge is -2.21. The molecule has 0 atom stereocenters. The van der Waals surface area contributed by atoms with Gasteiger partial charge in [-0.1, -0.05) is 0 Å². The van der Waals surface area contributed by atoms with Gasteiger partial charge in [-0.2, -0.15) is 9.97 Å². The molecule has 0 unspecified atom stereocenters. The molecule has 1 amide bonds. The molecule has 0 radical (unpaired) electrons. The minimum Gasteiger partial charge on any atom is -0.492 e. The number of benzene rings is 1. The second-order valence-corrected chi connectivity index (χ2v) is 6.13. The molecule has 0 bridgehead atoms. The number of fused-ring (bicyclic) bond motifs is 1. The number of aromatic nitrogens is 4. The van der Waals surface area contributed by atoms with Crippen LogP contribution in [0.1, 0.15) is 29.9 Å². The molecule has 3 N–H and O–H groups in total. The van der Waals surface area contributed by atoms with E-state index in [4.69, 9.17) is 10.5 Å². The Morgan fingerprint density at radius 3 is 2.55 bits per heavy atom. The monoisotopic (exact) mass is 396 g/mol. The highest BCUT2D eigenvalue weighted by Gasteiger charge is 2.15. The van der Waals surface area contributed by atoms with Crippen LogP contribution in [-0.4, -0.2) is 50.1 Å². The van der Waals surface area contributed by atoms with Gasteiger partial charge in [-0.05, 0) is 31.2 Å². The maximum Gasteiger partial charge on any atom is 0.338 e. The van der Waals surface area contributed by atoms with Crippen LogP contribution in [0.15, 0.2) is 30.5 Å². The van der Waals surface area contributed by atoms with E-state index in [0.29, 0.717) is 36.5 Å². The molecular formula is C19H20N6O4. The third kappa shape index (κ3) is 4.54. The Balaban J connectivity index is 1.77. The second kappa shape index (κ2) is 8.46. The van der Waals surface area contributed by atoms with Crippen molar-refractivity contribution in [2.24, 2.45) is 0 Å². The van der Waals surface area contributed by atoms with Gasteiger partial charge in [-0.15, -0.1) is 0 Å². The number of hydrogen-bond donors (Lipinski definition) is 2. The molecule has 2 aromatic heterocycles. The van der Waals surface area contributed by atoms with Gasteiger partial charge in [0.25, 0.3) is 0 Å². The maximum absolute atomic E-state index is 12.1. The number of carbonyl (C=O) groups excluding carboxylic acids is 2. The quantitative estimate of drug-likeness (QED) is 0.592. The lowest BCUT2D eigenvalue weighted by molar-refractivity contribution is -0.116. The first-order chi connectivity index (χ1) is 13.9. The van der Waals surface area contributed by atoms with Gasteiger partial charge in [-0.25, -0.2) is 14.8 Å². The molecule has 10 nitrogen and oxygen atoms in total. The van der Waals surface area contributed by atoms with Crippen LogP contribution in [0.3, 0.4) is 0 Å². The van der Waals surface area contributed by atoms with E-state index < -0.39 is 5.97 Å². The van der Waals surface area contributed by atoms with Gasteiger partial charge in [0, 0.05) is 25.6 Å². The first-order valence-corrected chi connectivity index (χ1v) is 8.92. The zero-order valence-electron chi connectivity index (χ0n) is 16.0. The average molecular weight is 396 g/mol. The number of nitrogen functional groups attached to an aromatic ring is 1. The summed E-state index contributed by atoms with van der Waals surface area (Å²) in [6, 6.07) is 6.59. The molecule has 29 heavy (non-hydrogen) atoms. The summed E-state index contributed by atoms with van der Waals surface area (Å²) in [6.45, 7) is 3.80. The molecule has 0 saturated heterocycles. The fourth-order valence-electron chi connectivity index (χ4n) is 2.75. The van der Waals surface area contributed by atoms with Crippen molar-refractivity contribution >= 4 is 34.7 Å². The van der Waals surface area contributed by atoms with Crippen LogP contribution in [0.2, 0.25) is 0 Å². The molecular weight excluding hydrogens is 376 g/mol. The molecule has 0 aliphatic heterocycles. The number of carbonyl (C=O) groups is 2. The highest BCUT2D eigenvalue weighted by atomic mass is 16.5. The number of anilines is 2. The van der Waals surface area contributed by atoms with E-state index in [1.807, 2.05) is 0 Å². The third-order valence-electron chi connectivity index (χ3n) is 4.12. The SMILES string of the molecule is CCOC(=O)c1ccc(N(CCc2cnc3nc(N)nc(O)c3n2)C(C)=O)cc1. The van der Waals surface area contributed by atoms with Gasteiger partial charge in [-0.3, -0.25) is 4.79 Å². The highest BCUT2D eigenvalue weighted by Crippen LogP contribution is 2.20. The van der Waals surface area contributed by atoms with Crippen molar-refractivity contribution in [3.8, 4) is 5.88 Å². The predicted molar refractivity (Wildman–Crippen MR) is 105 cm³/mol. The van der Waals surface area contributed by atoms with Crippen molar-refractivity contribution in [3.05, 3.63) is 41.7 Å². The van der Waals surface area contributed by atoms with E-state index in [1.54, 1.807) is 36.1 Å². The van der Waals surface area contributed by atoms with Crippen molar-refractivity contribution < 1.29 is 19.4 Å². The normalized spacial score (nSPS) is 10.7. The molecule has 3 aromatic rings. The fourth-order valence-corrected chi connectivity index (χ4v) is 2.75. The number of esters is 1. The van der Waals surface area contributed by atoms with E-state index in [0.717, 1.165) is 0 Å². The summed E-state index contributed by atoms with van der Waals surface area (Å²) in [4.78, 5) is 41.5. The van der Waals surface area contributed by atoms with Crippen molar-refractivity contribution in [3.63, 3.8) is 0 Å². The van der Waals surface area contributed by atoms with E-state index in [9.17, 15) is 14.7 Å². The van der Waals surface area contributed by atoms with Gasteiger partial charge in [0.05, 0.1) is 24.1 Å². The van der Waals surface area contributed by atoms with Crippen LogP contribution >= 0.6 is 0 Å². The summed E-state index contributed by atoms with van der Waals surface area (Å²) < 4.78 is 4.96. The number of nitrogens with zero attached hydrogens (tertiary/aromatic N) is 5. The summed E-state index contributed by atoms with van der Waals surface area (Å²) in [5.74, 6) is -1.02. The van der Waals surface area contributed by atoms with Crippen LogP contribution in [0.25, 0.3) is 11.2 Å². The van der Waals surface area contributed by atoms with Crippen molar-refractivity contribution in [2.75, 3.05) is 23.8 Å². The van der Waals surface area contributed by atoms with Gasteiger partial charge in [0.15, 0.2) is 11.2 Å². The van der Waals surface area contributed by atoms with E-state index in [2.05, 4.69) is 19.9 Å². The zero-order valence-corrected chi connectivity index (χ0v) is 16.0. The molecule has 2 heterocycles. The van der Waals surface area contributed by atoms with E-state index in [-0.39, 0.29) is 28.9 Å². The summed E-state index contributed by atoms with van der Waals surface area (Å²) in [5, 5.41) is 9.89. The van der Waals surface area contributed by atoms with E-state index >= 15 is 0 Å². The van der Waals surface area contributed by atoms with Crippen LogP contribution in [0.4, 0.5) is 11.6 Å². The summed E-state index contributed by atoms with van der Waals surface area (Å²) in [5.41, 5.74) is 7.42. The molecule has 0 spiro atoms. The fraction of sp³-hybridized carbons (Fsp3) is 0.263. The predicted octanol–water partition coefficient (Wildman–Crippen LogP) is 1.48. The standard InChI is InChI=1S/C19H20N6O4/c1-3-29-18(28)12-4-6-14(7-5-12)25(11(2)26)9-8-13-10-21-16-15(22-13)17(27)24-19(20)23-16/h4-7,10H,3,8-9H2,1-2H3,(H3,20,21,23,24,27). The summed E-state index contributed by atoms with van der Waals surface area (Å²) in [6.07, 6.45) is 1.89. The Bertz CT molecular complexity index is 1050. The van der Waals surface area contributed by atoms with Crippen LogP contribution in [0.5, 0.6) is 5.88 Å². The second-order valence-electron chi connectivity index (χ2n) is 6.13. The maximum atomic E-state index is 12.1. The van der Waals surface area contributed by atoms with Gasteiger partial charge in [0.2, 0.25) is 17.7 Å². The molecule has 10 heteroatoms. The smallest absolute Gasteiger partial charge is 0.338 e. The lowest BCUT2D eigenvalue weighted by atomic mass is 10.2. The molecule has 0 aliphatic rings. The molecule has 0 aliphatic carbocycles. The Hall–Kier alpha value is -3.82. The van der Waals surface area contributed by atoms with Crippen molar-refractivity contribution in [1.82, 2.24) is 19.9 Å². The Morgan fingerprint density at radius 1 is 1.17 bits per heavy atom. The van der Waals surface area contributed by atoms with Gasteiger partial charge < -0.3 is 20.5 Å². The number of amides is 1. The van der Waals surface area contributed by atoms with Crippen molar-refractivity contribution in [2.45, 2.75) is 20.3 Å². The molecule has 3 rings (SSSR count). The van der Waals surface area contributed by atoms with Crippen LogP contribution in [-0.2, 0) is 16.0 Å². The number of hydrogen-bond acceptors (Lipinski definition) is 9. The minimum atomic E-state index is -0.414.